The molecule has 8 nitrogen and oxygen atoms in total. The van der Waals surface area contributed by atoms with Crippen molar-refractivity contribution in [3.63, 3.8) is 0 Å². The molecule has 3 heterocycles. The number of hydrogen-bond acceptors (Lipinski definition) is 7. The Hall–Kier alpha value is -3.09. The number of pyridine rings is 1. The zero-order chi connectivity index (χ0) is 26.1. The molecule has 1 aliphatic rings. The second-order valence-corrected chi connectivity index (χ2v) is 8.58. The third kappa shape index (κ3) is 8.54. The Balaban J connectivity index is 1.51. The van der Waals surface area contributed by atoms with Gasteiger partial charge in [0.15, 0.2) is 0 Å². The largest absolute Gasteiger partial charge is 0.480 e. The molecule has 0 aliphatic carbocycles. The number of nitrogens with zero attached hydrogens (tertiary/aromatic N) is 4. The number of halogens is 5. The summed E-state index contributed by atoms with van der Waals surface area (Å²) in [6.45, 7) is 0.705. The van der Waals surface area contributed by atoms with Crippen molar-refractivity contribution in [3.05, 3.63) is 41.5 Å². The summed E-state index contributed by atoms with van der Waals surface area (Å²) in [5.74, 6) is -2.14. The van der Waals surface area contributed by atoms with Crippen molar-refractivity contribution in [2.24, 2.45) is 0 Å². The van der Waals surface area contributed by atoms with Crippen LogP contribution in [0.15, 0.2) is 24.4 Å². The first-order valence-corrected chi connectivity index (χ1v) is 11.7. The van der Waals surface area contributed by atoms with Crippen LogP contribution in [0.1, 0.15) is 42.8 Å². The van der Waals surface area contributed by atoms with E-state index in [1.807, 2.05) is 6.07 Å². The number of carboxylic acids is 1. The molecule has 0 spiro atoms. The topological polar surface area (TPSA) is 103 Å². The third-order valence-electron chi connectivity index (χ3n) is 5.77. The number of aryl methyl sites for hydroxylation is 2. The summed E-state index contributed by atoms with van der Waals surface area (Å²) in [4.78, 5) is 24.2. The molecule has 3 N–H and O–H groups in total. The van der Waals surface area contributed by atoms with Gasteiger partial charge in [0, 0.05) is 25.0 Å². The lowest BCUT2D eigenvalue weighted by molar-refractivity contribution is -0.144. The number of alkyl halides is 5. The smallest absolute Gasteiger partial charge is 0.451 e. The third-order valence-corrected chi connectivity index (χ3v) is 5.77. The minimum absolute atomic E-state index is 0.0204. The maximum Gasteiger partial charge on any atom is 0.451 e. The predicted octanol–water partition coefficient (Wildman–Crippen LogP) is 4.09. The first-order valence-electron chi connectivity index (χ1n) is 11.7. The van der Waals surface area contributed by atoms with E-state index in [9.17, 15) is 31.9 Å². The number of nitrogens with one attached hydrogen (secondary N) is 2. The number of hydrogen-bond donors (Lipinski definition) is 3. The van der Waals surface area contributed by atoms with Crippen LogP contribution < -0.4 is 10.6 Å². The van der Waals surface area contributed by atoms with Gasteiger partial charge < -0.3 is 15.7 Å². The lowest BCUT2D eigenvalue weighted by Gasteiger charge is -2.24. The van der Waals surface area contributed by atoms with E-state index in [0.717, 1.165) is 43.2 Å². The molecule has 0 bridgehead atoms. The molecule has 0 aromatic carbocycles. The van der Waals surface area contributed by atoms with Crippen molar-refractivity contribution in [3.8, 4) is 0 Å². The standard InChI is InChI=1S/C23H29F5N6O2/c24-18(25)14-34(12-2-1-5-16-7-6-15-4-3-10-29-20(15)31-16)13-9-17(21(35)36)32-19-8-11-30-22(33-19)23(26,27)28/h6-8,11,17-18H,1-5,9-10,12-14H2,(H,29,31)(H,35,36)(H,30,32,33)/t17-/m0/s1. The number of carbonyl (C=O) groups is 1. The van der Waals surface area contributed by atoms with E-state index in [0.29, 0.717) is 25.8 Å². The van der Waals surface area contributed by atoms with Crippen LogP contribution in [0.25, 0.3) is 0 Å². The molecule has 0 saturated carbocycles. The quantitative estimate of drug-likeness (QED) is 0.270. The molecule has 1 atom stereocenters. The summed E-state index contributed by atoms with van der Waals surface area (Å²) in [6, 6.07) is 3.84. The summed E-state index contributed by atoms with van der Waals surface area (Å²) in [6.07, 6.45) is -2.56. The summed E-state index contributed by atoms with van der Waals surface area (Å²) in [7, 11) is 0. The fraction of sp³-hybridized carbons (Fsp3) is 0.565. The normalized spacial score (nSPS) is 14.4. The van der Waals surface area contributed by atoms with Crippen LogP contribution in [-0.4, -0.2) is 69.6 Å². The van der Waals surface area contributed by atoms with E-state index in [4.69, 9.17) is 0 Å². The van der Waals surface area contributed by atoms with Gasteiger partial charge in [-0.05, 0) is 62.8 Å². The zero-order valence-corrected chi connectivity index (χ0v) is 19.6. The minimum Gasteiger partial charge on any atom is -0.480 e. The molecule has 0 fully saturated rings. The molecule has 198 valence electrons. The highest BCUT2D eigenvalue weighted by Crippen LogP contribution is 2.26. The molecule has 13 heteroatoms. The lowest BCUT2D eigenvalue weighted by Crippen LogP contribution is -2.37. The molecule has 36 heavy (non-hydrogen) atoms. The SMILES string of the molecule is O=C(O)[C@H](CCN(CCCCc1ccc2c(n1)NCCC2)CC(F)F)Nc1ccnc(C(F)(F)F)n1. The summed E-state index contributed by atoms with van der Waals surface area (Å²) >= 11 is 0. The molecule has 0 radical (unpaired) electrons. The zero-order valence-electron chi connectivity index (χ0n) is 19.6. The first-order chi connectivity index (χ1) is 17.1. The predicted molar refractivity (Wildman–Crippen MR) is 123 cm³/mol. The van der Waals surface area contributed by atoms with E-state index < -0.39 is 37.0 Å². The van der Waals surface area contributed by atoms with E-state index in [2.05, 4.69) is 31.7 Å². The van der Waals surface area contributed by atoms with E-state index in [1.165, 1.54) is 10.5 Å². The lowest BCUT2D eigenvalue weighted by atomic mass is 10.1. The molecule has 3 rings (SSSR count). The summed E-state index contributed by atoms with van der Waals surface area (Å²) in [5.41, 5.74) is 2.10. The van der Waals surface area contributed by atoms with Gasteiger partial charge in [0.05, 0.1) is 6.54 Å². The van der Waals surface area contributed by atoms with Crippen molar-refractivity contribution in [1.29, 1.82) is 0 Å². The second-order valence-electron chi connectivity index (χ2n) is 8.58. The minimum atomic E-state index is -4.78. The molecule has 1 aliphatic heterocycles. The van der Waals surface area contributed by atoms with Crippen molar-refractivity contribution >= 4 is 17.6 Å². The number of unbranched alkanes of at least 4 members (excludes halogenated alkanes) is 1. The van der Waals surface area contributed by atoms with Crippen LogP contribution >= 0.6 is 0 Å². The van der Waals surface area contributed by atoms with Gasteiger partial charge in [-0.2, -0.15) is 13.2 Å². The molecule has 2 aromatic heterocycles. The van der Waals surface area contributed by atoms with Gasteiger partial charge in [0.25, 0.3) is 6.43 Å². The average Bonchev–Trinajstić information content (AvgIpc) is 2.83. The van der Waals surface area contributed by atoms with Gasteiger partial charge in [0.2, 0.25) is 5.82 Å². The van der Waals surface area contributed by atoms with E-state index >= 15 is 0 Å². The van der Waals surface area contributed by atoms with Crippen molar-refractivity contribution < 1.29 is 31.9 Å². The second kappa shape index (κ2) is 12.7. The Morgan fingerprint density at radius 1 is 1.17 bits per heavy atom. The fourth-order valence-corrected chi connectivity index (χ4v) is 3.96. The van der Waals surface area contributed by atoms with Gasteiger partial charge >= 0.3 is 12.1 Å². The highest BCUT2D eigenvalue weighted by Gasteiger charge is 2.35. The van der Waals surface area contributed by atoms with Crippen molar-refractivity contribution in [1.82, 2.24) is 19.9 Å². The molecular weight excluding hydrogens is 487 g/mol. The fourth-order valence-electron chi connectivity index (χ4n) is 3.96. The van der Waals surface area contributed by atoms with Crippen molar-refractivity contribution in [2.45, 2.75) is 57.2 Å². The van der Waals surface area contributed by atoms with Crippen LogP contribution in [-0.2, 0) is 23.8 Å². The van der Waals surface area contributed by atoms with Gasteiger partial charge in [0.1, 0.15) is 17.7 Å². The Morgan fingerprint density at radius 2 is 1.97 bits per heavy atom. The molecule has 0 amide bonds. The molecule has 2 aromatic rings. The van der Waals surface area contributed by atoms with Gasteiger partial charge in [-0.3, -0.25) is 4.90 Å². The summed E-state index contributed by atoms with van der Waals surface area (Å²) in [5, 5.41) is 15.2. The van der Waals surface area contributed by atoms with Gasteiger partial charge in [-0.25, -0.2) is 28.5 Å². The van der Waals surface area contributed by atoms with Crippen LogP contribution in [0.5, 0.6) is 0 Å². The van der Waals surface area contributed by atoms with E-state index in [1.54, 1.807) is 0 Å². The highest BCUT2D eigenvalue weighted by atomic mass is 19.4. The van der Waals surface area contributed by atoms with Crippen LogP contribution in [0.3, 0.4) is 0 Å². The van der Waals surface area contributed by atoms with Crippen molar-refractivity contribution in [2.75, 3.05) is 36.8 Å². The Labute approximate surface area is 205 Å². The maximum atomic E-state index is 13.1. The van der Waals surface area contributed by atoms with Crippen LogP contribution in [0.2, 0.25) is 0 Å². The Morgan fingerprint density at radius 3 is 2.69 bits per heavy atom. The van der Waals surface area contributed by atoms with E-state index in [-0.39, 0.29) is 18.8 Å². The number of anilines is 2. The molecular formula is C23H29F5N6O2. The number of carboxylic acid groups (broad SMARTS) is 1. The average molecular weight is 517 g/mol. The number of rotatable bonds is 13. The highest BCUT2D eigenvalue weighted by molar-refractivity contribution is 5.76. The maximum absolute atomic E-state index is 13.1. The van der Waals surface area contributed by atoms with Crippen LogP contribution in [0, 0.1) is 0 Å². The van der Waals surface area contributed by atoms with Crippen LogP contribution in [0.4, 0.5) is 33.6 Å². The Bertz CT molecular complexity index is 1010. The van der Waals surface area contributed by atoms with Gasteiger partial charge in [-0.15, -0.1) is 0 Å². The number of aromatic nitrogens is 3. The molecule has 0 unspecified atom stereocenters. The molecule has 0 saturated heterocycles. The number of aliphatic carboxylic acids is 1. The first kappa shape index (κ1) is 27.5. The monoisotopic (exact) mass is 516 g/mol. The Kier molecular flexibility index (Phi) is 9.73. The van der Waals surface area contributed by atoms with Gasteiger partial charge in [-0.1, -0.05) is 6.07 Å². The number of fused-ring (bicyclic) bond motifs is 1. The summed E-state index contributed by atoms with van der Waals surface area (Å²) < 4.78 is 64.6.